The summed E-state index contributed by atoms with van der Waals surface area (Å²) < 4.78 is 0. The SMILES string of the molecule is CC(C)C[C@@H](/C=C/C(Cc1ccccc1)C(=O)N1CCC[C@H]1C(=O)N[C@@H](CCCN)C(=O)NC(C)C)N1BC1. The van der Waals surface area contributed by atoms with E-state index in [0.29, 0.717) is 50.7 Å². The Kier molecular flexibility index (Phi) is 12.1. The van der Waals surface area contributed by atoms with E-state index in [0.717, 1.165) is 32.3 Å². The van der Waals surface area contributed by atoms with Gasteiger partial charge in [-0.1, -0.05) is 56.3 Å². The van der Waals surface area contributed by atoms with E-state index < -0.39 is 12.1 Å². The summed E-state index contributed by atoms with van der Waals surface area (Å²) in [5.74, 6) is -0.278. The number of nitrogens with one attached hydrogen (secondary N) is 2. The van der Waals surface area contributed by atoms with Crippen molar-refractivity contribution in [3.63, 3.8) is 0 Å². The Bertz CT molecular complexity index is 967. The zero-order valence-corrected chi connectivity index (χ0v) is 24.3. The van der Waals surface area contributed by atoms with Crippen LogP contribution < -0.4 is 16.4 Å². The van der Waals surface area contributed by atoms with Crippen LogP contribution in [0.25, 0.3) is 0 Å². The van der Waals surface area contributed by atoms with Crippen LogP contribution in [0.3, 0.4) is 0 Å². The Morgan fingerprint density at radius 1 is 1.10 bits per heavy atom. The number of amides is 3. The van der Waals surface area contributed by atoms with E-state index in [9.17, 15) is 14.4 Å². The van der Waals surface area contributed by atoms with Gasteiger partial charge in [-0.2, -0.15) is 0 Å². The molecule has 2 saturated heterocycles. The normalized spacial score (nSPS) is 21.1. The lowest BCUT2D eigenvalue weighted by atomic mass is 9.94. The fourth-order valence-corrected chi connectivity index (χ4v) is 5.35. The van der Waals surface area contributed by atoms with Crippen molar-refractivity contribution in [3.05, 3.63) is 48.0 Å². The molecule has 4 N–H and O–H groups in total. The molecule has 39 heavy (non-hydrogen) atoms. The Labute approximate surface area is 235 Å². The number of carbonyl (C=O) groups excluding carboxylic acids is 3. The fraction of sp³-hybridized carbons (Fsp3) is 0.633. The van der Waals surface area contributed by atoms with Crippen molar-refractivity contribution < 1.29 is 14.4 Å². The predicted molar refractivity (Wildman–Crippen MR) is 158 cm³/mol. The highest BCUT2D eigenvalue weighted by atomic mass is 16.2. The highest BCUT2D eigenvalue weighted by Crippen LogP contribution is 2.25. The van der Waals surface area contributed by atoms with Gasteiger partial charge in [0.2, 0.25) is 25.1 Å². The molecule has 2 aliphatic heterocycles. The highest BCUT2D eigenvalue weighted by molar-refractivity contribution is 6.43. The van der Waals surface area contributed by atoms with Gasteiger partial charge in [0.05, 0.1) is 5.92 Å². The summed E-state index contributed by atoms with van der Waals surface area (Å²) in [6.07, 6.45) is 9.49. The van der Waals surface area contributed by atoms with Crippen molar-refractivity contribution in [2.45, 2.75) is 90.4 Å². The van der Waals surface area contributed by atoms with Gasteiger partial charge in [0.25, 0.3) is 0 Å². The molecule has 1 aromatic carbocycles. The van der Waals surface area contributed by atoms with Gasteiger partial charge in [-0.3, -0.25) is 14.4 Å². The number of rotatable bonds is 15. The molecule has 8 nitrogen and oxygen atoms in total. The Morgan fingerprint density at radius 3 is 2.44 bits per heavy atom. The van der Waals surface area contributed by atoms with Gasteiger partial charge in [0.1, 0.15) is 12.1 Å². The third kappa shape index (κ3) is 9.80. The van der Waals surface area contributed by atoms with Crippen molar-refractivity contribution in [1.82, 2.24) is 20.3 Å². The molecule has 1 aromatic rings. The molecule has 0 radical (unpaired) electrons. The Morgan fingerprint density at radius 2 is 1.82 bits per heavy atom. The number of nitrogens with zero attached hydrogens (tertiary/aromatic N) is 2. The first kappa shape index (κ1) is 30.9. The monoisotopic (exact) mass is 537 g/mol. The molecule has 0 saturated carbocycles. The van der Waals surface area contributed by atoms with E-state index in [-0.39, 0.29) is 29.7 Å². The van der Waals surface area contributed by atoms with Crippen LogP contribution >= 0.6 is 0 Å². The lowest BCUT2D eigenvalue weighted by molar-refractivity contribution is -0.141. The molecule has 0 spiro atoms. The molecule has 0 bridgehead atoms. The molecular formula is C30H48BN5O3. The second-order valence-electron chi connectivity index (χ2n) is 11.8. The molecule has 2 unspecified atom stereocenters. The number of nitrogens with two attached hydrogens (primary N) is 1. The minimum Gasteiger partial charge on any atom is -0.352 e. The van der Waals surface area contributed by atoms with E-state index in [1.807, 2.05) is 44.2 Å². The molecule has 3 amide bonds. The van der Waals surface area contributed by atoms with Crippen LogP contribution in [0, 0.1) is 11.8 Å². The van der Waals surface area contributed by atoms with E-state index in [1.54, 1.807) is 4.90 Å². The maximum atomic E-state index is 14.0. The minimum atomic E-state index is -0.662. The van der Waals surface area contributed by atoms with E-state index >= 15 is 0 Å². The third-order valence-electron chi connectivity index (χ3n) is 7.44. The molecule has 2 heterocycles. The van der Waals surface area contributed by atoms with Crippen molar-refractivity contribution in [3.8, 4) is 0 Å². The van der Waals surface area contributed by atoms with Crippen LogP contribution in [0.2, 0.25) is 0 Å². The Balaban J connectivity index is 1.77. The van der Waals surface area contributed by atoms with Gasteiger partial charge in [-0.25, -0.2) is 0 Å². The largest absolute Gasteiger partial charge is 0.352 e. The molecular weight excluding hydrogens is 489 g/mol. The number of benzene rings is 1. The maximum absolute atomic E-state index is 14.0. The minimum absolute atomic E-state index is 0.0213. The van der Waals surface area contributed by atoms with Gasteiger partial charge < -0.3 is 26.1 Å². The summed E-state index contributed by atoms with van der Waals surface area (Å²) in [7, 11) is 1.10. The third-order valence-corrected chi connectivity index (χ3v) is 7.44. The summed E-state index contributed by atoms with van der Waals surface area (Å²) in [5.41, 5.74) is 6.78. The standard InChI is InChI=1S/C30H48BN5O3/c1-21(2)18-25(36-20-31-36)15-14-24(19-23-10-6-5-7-11-23)30(39)35-17-9-13-27(35)29(38)34-26(12-8-16-32)28(37)33-22(3)4/h5-7,10-11,14-15,21-22,24-27,31H,8-9,12-13,16-20,32H2,1-4H3,(H,33,37)(H,34,38)/b15-14+/t24?,25-,26+,27+,36?/m1/s1. The first-order valence-electron chi connectivity index (χ1n) is 14.8. The fourth-order valence-electron chi connectivity index (χ4n) is 5.35. The zero-order chi connectivity index (χ0) is 28.4. The smallest absolute Gasteiger partial charge is 0.243 e. The Hall–Kier alpha value is -2.65. The van der Waals surface area contributed by atoms with Crippen molar-refractivity contribution >= 4 is 25.1 Å². The molecule has 0 aliphatic carbocycles. The van der Waals surface area contributed by atoms with Gasteiger partial charge in [-0.15, -0.1) is 0 Å². The van der Waals surface area contributed by atoms with Crippen LogP contribution in [0.4, 0.5) is 0 Å². The summed E-state index contributed by atoms with van der Waals surface area (Å²) in [6, 6.07) is 9.13. The van der Waals surface area contributed by atoms with E-state index in [2.05, 4.69) is 41.4 Å². The summed E-state index contributed by atoms with van der Waals surface area (Å²) in [4.78, 5) is 44.4. The number of hydrogen-bond donors (Lipinski definition) is 3. The molecule has 2 fully saturated rings. The number of hydrogen-bond acceptors (Lipinski definition) is 5. The van der Waals surface area contributed by atoms with Crippen molar-refractivity contribution in [2.75, 3.05) is 19.5 Å². The van der Waals surface area contributed by atoms with E-state index in [4.69, 9.17) is 5.73 Å². The predicted octanol–water partition coefficient (Wildman–Crippen LogP) is 2.18. The molecule has 2 aliphatic rings. The average molecular weight is 538 g/mol. The topological polar surface area (TPSA) is 108 Å². The lowest BCUT2D eigenvalue weighted by Gasteiger charge is -2.29. The molecule has 9 heteroatoms. The first-order chi connectivity index (χ1) is 18.7. The second-order valence-corrected chi connectivity index (χ2v) is 11.8. The summed E-state index contributed by atoms with van der Waals surface area (Å²) in [6.45, 7) is 9.23. The van der Waals surface area contributed by atoms with Crippen LogP contribution in [0.1, 0.15) is 65.4 Å². The quantitative estimate of drug-likeness (QED) is 0.181. The lowest BCUT2D eigenvalue weighted by Crippen LogP contribution is -2.54. The number of likely N-dealkylation sites (tertiary alicyclic amines) is 1. The molecule has 0 aromatic heterocycles. The van der Waals surface area contributed by atoms with Crippen molar-refractivity contribution in [1.29, 1.82) is 0 Å². The molecule has 5 atom stereocenters. The summed E-state index contributed by atoms with van der Waals surface area (Å²) >= 11 is 0. The van der Waals surface area contributed by atoms with Gasteiger partial charge >= 0.3 is 0 Å². The summed E-state index contributed by atoms with van der Waals surface area (Å²) in [5, 5.41) is 5.84. The zero-order valence-electron chi connectivity index (χ0n) is 24.3. The maximum Gasteiger partial charge on any atom is 0.243 e. The van der Waals surface area contributed by atoms with Crippen molar-refractivity contribution in [2.24, 2.45) is 17.6 Å². The van der Waals surface area contributed by atoms with Crippen LogP contribution in [-0.4, -0.2) is 78.5 Å². The van der Waals surface area contributed by atoms with Gasteiger partial charge in [-0.05, 0) is 76.8 Å². The number of carbonyl (C=O) groups is 3. The van der Waals surface area contributed by atoms with Gasteiger partial charge in [0.15, 0.2) is 0 Å². The van der Waals surface area contributed by atoms with E-state index in [1.165, 1.54) is 0 Å². The molecule has 3 rings (SSSR count). The van der Waals surface area contributed by atoms with Gasteiger partial charge in [0, 0.05) is 18.6 Å². The average Bonchev–Trinajstić information content (AvgIpc) is 3.63. The van der Waals surface area contributed by atoms with Crippen LogP contribution in [0.5, 0.6) is 0 Å². The van der Waals surface area contributed by atoms with Crippen LogP contribution in [0.15, 0.2) is 42.5 Å². The first-order valence-corrected chi connectivity index (χ1v) is 14.8. The van der Waals surface area contributed by atoms with Crippen LogP contribution in [-0.2, 0) is 20.8 Å². The molecule has 214 valence electrons. The highest BCUT2D eigenvalue weighted by Gasteiger charge is 2.38. The second kappa shape index (κ2) is 15.2.